The van der Waals surface area contributed by atoms with E-state index in [2.05, 4.69) is 411 Å². The second kappa shape index (κ2) is 24.7. The highest BCUT2D eigenvalue weighted by atomic mass is 32.2. The van der Waals surface area contributed by atoms with Gasteiger partial charge >= 0.3 is 0 Å². The molecule has 15 aromatic carbocycles. The van der Waals surface area contributed by atoms with Crippen molar-refractivity contribution in [3.05, 3.63) is 357 Å². The third kappa shape index (κ3) is 10.2. The molecule has 0 spiro atoms. The van der Waals surface area contributed by atoms with E-state index < -0.39 is 0 Å². The molecule has 5 nitrogen and oxygen atoms in total. The van der Waals surface area contributed by atoms with Gasteiger partial charge in [-0.05, 0) is 163 Å². The van der Waals surface area contributed by atoms with Crippen LogP contribution in [0.5, 0.6) is 0 Å². The number of para-hydroxylation sites is 6. The number of aromatic nitrogens is 1. The van der Waals surface area contributed by atoms with Gasteiger partial charge < -0.3 is 24.2 Å². The molecule has 0 saturated carbocycles. The number of rotatable bonds is 10. The molecular weight excluding hydrogens is 1300 g/mol. The van der Waals surface area contributed by atoms with E-state index in [1.807, 2.05) is 11.8 Å². The molecule has 4 aliphatic heterocycles. The van der Waals surface area contributed by atoms with Crippen LogP contribution in [-0.2, 0) is 10.8 Å². The van der Waals surface area contributed by atoms with Crippen LogP contribution < -0.4 is 52.4 Å². The van der Waals surface area contributed by atoms with Crippen molar-refractivity contribution in [3.8, 4) is 39.1 Å². The molecule has 0 radical (unpaired) electrons. The highest BCUT2D eigenvalue weighted by Crippen LogP contribution is 2.54. The van der Waals surface area contributed by atoms with Crippen LogP contribution in [0.2, 0.25) is 0 Å². The molecule has 1 aromatic heterocycles. The fourth-order valence-corrected chi connectivity index (χ4v) is 18.8. The minimum absolute atomic E-state index is 0.109. The summed E-state index contributed by atoms with van der Waals surface area (Å²) in [5.41, 5.74) is 33.8. The van der Waals surface area contributed by atoms with Crippen molar-refractivity contribution >= 4 is 148 Å². The lowest BCUT2D eigenvalue weighted by molar-refractivity contribution is 0.591. The molecule has 16 aromatic rings. The van der Waals surface area contributed by atoms with Crippen molar-refractivity contribution in [1.29, 1.82) is 0 Å². The van der Waals surface area contributed by atoms with Gasteiger partial charge in [-0.15, -0.1) is 0 Å². The van der Waals surface area contributed by atoms with Gasteiger partial charge in [0, 0.05) is 88.4 Å². The summed E-state index contributed by atoms with van der Waals surface area (Å²) in [5.74, 6) is 0. The maximum Gasteiger partial charge on any atom is 0.252 e. The van der Waals surface area contributed by atoms with E-state index in [0.29, 0.717) is 0 Å². The molecular formula is C98H75B2N5S. The first kappa shape index (κ1) is 63.5. The Morgan fingerprint density at radius 1 is 0.283 bits per heavy atom. The number of hydrogen-bond acceptors (Lipinski definition) is 5. The smallest absolute Gasteiger partial charge is 0.252 e. The Balaban J connectivity index is 0.919. The monoisotopic (exact) mass is 1380 g/mol. The summed E-state index contributed by atoms with van der Waals surface area (Å²) >= 11 is 1.90. The SMILES string of the molecule is CC(C)(C)c1ccc2c3ccc(C(C)(C)C)cc3n(-c3cc4c5c(c3)N(c3ccccc3-c3ccccc3)c3ccccc3B5c3cc5c(cc3N4c3ccccc3)N(c3ccccc3-c3ccccc3)c3cc(N(c4ccccc4)c4ccccc4-c4ccccc4)cc4c3B5c3ccccc3S4)c2c1. The van der Waals surface area contributed by atoms with Crippen molar-refractivity contribution < 1.29 is 0 Å². The molecule has 0 amide bonds. The largest absolute Gasteiger partial charge is 0.311 e. The predicted octanol–water partition coefficient (Wildman–Crippen LogP) is 22.7. The standard InChI is InChI=1S/C98H75B2N5S/c1-97(2,3)67-52-54-76-77-55-53-68(98(4,5)6)57-87(77)103(86(76)56-67)71-58-90-95-91(59-71)104(83-48-28-23-43-74(83)65-34-14-8-15-35-65)85-50-30-25-45-78(85)99(95)80-62-81-89(63-88(80)102(90)70-40-20-11-21-41-70)105(84-49-29-24-44-75(84)66-36-16-9-17-37-66)92-60-72(61-94-96(92)100(81)79-46-26-31-51-93(79)106-94)101(69-38-18-10-19-39-69)82-47-27-22-42-73(82)64-32-12-7-13-33-64/h7-63H,1-6H3. The molecule has 504 valence electrons. The first-order valence-corrected chi connectivity index (χ1v) is 37.9. The lowest BCUT2D eigenvalue weighted by atomic mass is 9.30. The normalized spacial score (nSPS) is 13.2. The minimum Gasteiger partial charge on any atom is -0.311 e. The molecule has 20 rings (SSSR count). The van der Waals surface area contributed by atoms with Gasteiger partial charge in [-0.1, -0.05) is 307 Å². The number of anilines is 12. The summed E-state index contributed by atoms with van der Waals surface area (Å²) in [6.07, 6.45) is 0. The Morgan fingerprint density at radius 3 is 1.31 bits per heavy atom. The summed E-state index contributed by atoms with van der Waals surface area (Å²) in [4.78, 5) is 12.9. The molecule has 0 aliphatic carbocycles. The van der Waals surface area contributed by atoms with Gasteiger partial charge in [-0.25, -0.2) is 0 Å². The molecule has 0 unspecified atom stereocenters. The summed E-state index contributed by atoms with van der Waals surface area (Å²) in [6, 6.07) is 131. The minimum atomic E-state index is -0.209. The third-order valence-electron chi connectivity index (χ3n) is 22.5. The zero-order valence-electron chi connectivity index (χ0n) is 60.2. The van der Waals surface area contributed by atoms with E-state index in [0.717, 1.165) is 102 Å². The van der Waals surface area contributed by atoms with Crippen LogP contribution in [0.25, 0.3) is 60.9 Å². The molecule has 0 fully saturated rings. The third-order valence-corrected chi connectivity index (χ3v) is 23.6. The fraction of sp³-hybridized carbons (Fsp3) is 0.0816. The van der Waals surface area contributed by atoms with Gasteiger partial charge in [0.05, 0.1) is 33.8 Å². The second-order valence-corrected chi connectivity index (χ2v) is 31.9. The Kier molecular flexibility index (Phi) is 14.8. The van der Waals surface area contributed by atoms with E-state index in [1.165, 1.54) is 81.1 Å². The van der Waals surface area contributed by atoms with E-state index in [9.17, 15) is 0 Å². The zero-order valence-corrected chi connectivity index (χ0v) is 61.0. The molecule has 0 atom stereocenters. The average molecular weight is 1380 g/mol. The lowest BCUT2D eigenvalue weighted by Gasteiger charge is -2.47. The van der Waals surface area contributed by atoms with Crippen molar-refractivity contribution in [2.75, 3.05) is 19.6 Å². The van der Waals surface area contributed by atoms with Gasteiger partial charge in [0.2, 0.25) is 6.71 Å². The van der Waals surface area contributed by atoms with Gasteiger partial charge in [0.1, 0.15) is 0 Å². The number of fused-ring (bicyclic) bond motifs is 11. The topological polar surface area (TPSA) is 17.9 Å². The van der Waals surface area contributed by atoms with E-state index in [1.54, 1.807) is 0 Å². The predicted molar refractivity (Wildman–Crippen MR) is 453 cm³/mol. The maximum atomic E-state index is 2.67. The number of nitrogens with zero attached hydrogens (tertiary/aromatic N) is 5. The van der Waals surface area contributed by atoms with Gasteiger partial charge in [-0.3, -0.25) is 0 Å². The van der Waals surface area contributed by atoms with Crippen molar-refractivity contribution in [2.24, 2.45) is 0 Å². The zero-order chi connectivity index (χ0) is 71.1. The quantitative estimate of drug-likeness (QED) is 0.127. The highest BCUT2D eigenvalue weighted by Gasteiger charge is 2.49. The molecule has 0 bridgehead atoms. The van der Waals surface area contributed by atoms with Crippen LogP contribution in [0.1, 0.15) is 52.7 Å². The van der Waals surface area contributed by atoms with Crippen LogP contribution in [0.15, 0.2) is 356 Å². The molecule has 106 heavy (non-hydrogen) atoms. The van der Waals surface area contributed by atoms with Crippen LogP contribution in [0.3, 0.4) is 0 Å². The summed E-state index contributed by atoms with van der Waals surface area (Å²) in [5, 5.41) is 2.47. The fourth-order valence-electron chi connectivity index (χ4n) is 17.6. The van der Waals surface area contributed by atoms with Crippen LogP contribution in [0, 0.1) is 0 Å². The summed E-state index contributed by atoms with van der Waals surface area (Å²) < 4.78 is 2.61. The average Bonchev–Trinajstić information content (AvgIpc) is 0.686. The second-order valence-electron chi connectivity index (χ2n) is 30.8. The molecule has 8 heteroatoms. The Hall–Kier alpha value is -12.2. The van der Waals surface area contributed by atoms with Crippen LogP contribution in [0.4, 0.5) is 68.2 Å². The van der Waals surface area contributed by atoms with Gasteiger partial charge in [0.15, 0.2) is 0 Å². The molecule has 0 N–H and O–H groups in total. The Labute approximate surface area is 626 Å². The Morgan fingerprint density at radius 2 is 0.726 bits per heavy atom. The summed E-state index contributed by atoms with van der Waals surface area (Å²) in [6.45, 7) is 13.7. The van der Waals surface area contributed by atoms with Gasteiger partial charge in [-0.2, -0.15) is 0 Å². The Bertz CT molecular complexity index is 6110. The lowest BCUT2D eigenvalue weighted by Crippen LogP contribution is -2.64. The molecule has 5 heterocycles. The van der Waals surface area contributed by atoms with Crippen molar-refractivity contribution in [3.63, 3.8) is 0 Å². The maximum absolute atomic E-state index is 2.67. The summed E-state index contributed by atoms with van der Waals surface area (Å²) in [7, 11) is 0. The van der Waals surface area contributed by atoms with Crippen molar-refractivity contribution in [2.45, 2.75) is 62.2 Å². The molecule has 4 aliphatic rings. The number of benzene rings is 15. The highest BCUT2D eigenvalue weighted by molar-refractivity contribution is 8.00. The number of hydrogen-bond donors (Lipinski definition) is 0. The van der Waals surface area contributed by atoms with Crippen molar-refractivity contribution in [1.82, 2.24) is 4.57 Å². The molecule has 0 saturated heterocycles. The van der Waals surface area contributed by atoms with Crippen LogP contribution >= 0.6 is 11.8 Å². The van der Waals surface area contributed by atoms with E-state index in [-0.39, 0.29) is 24.3 Å². The first-order valence-electron chi connectivity index (χ1n) is 37.1. The first-order chi connectivity index (χ1) is 51.9. The van der Waals surface area contributed by atoms with E-state index in [4.69, 9.17) is 0 Å². The van der Waals surface area contributed by atoms with Crippen LogP contribution in [-0.4, -0.2) is 18.0 Å². The van der Waals surface area contributed by atoms with E-state index >= 15 is 0 Å². The van der Waals surface area contributed by atoms with Gasteiger partial charge in [0.25, 0.3) is 6.71 Å².